The summed E-state index contributed by atoms with van der Waals surface area (Å²) in [6.45, 7) is 4.88. The molecule has 2 atom stereocenters. The fourth-order valence-corrected chi connectivity index (χ4v) is 2.96. The third-order valence-corrected chi connectivity index (χ3v) is 3.61. The maximum atomic E-state index is 3.53. The Morgan fingerprint density at radius 2 is 1.67 bits per heavy atom. The minimum atomic E-state index is 0.859. The molecule has 15 heavy (non-hydrogen) atoms. The lowest BCUT2D eigenvalue weighted by molar-refractivity contribution is 0.250. The van der Waals surface area contributed by atoms with Crippen LogP contribution in [0.3, 0.4) is 0 Å². The number of rotatable bonds is 1. The van der Waals surface area contributed by atoms with E-state index in [1.807, 2.05) is 0 Å². The zero-order valence-electron chi connectivity index (χ0n) is 9.02. The smallest absolute Gasteiger partial charge is 0.0366 e. The Balaban J connectivity index is 1.78. The summed E-state index contributed by atoms with van der Waals surface area (Å²) in [5.41, 5.74) is 1.40. The molecule has 2 unspecified atom stereocenters. The summed E-state index contributed by atoms with van der Waals surface area (Å²) in [4.78, 5) is 2.56. The Morgan fingerprint density at radius 1 is 1.00 bits per heavy atom. The summed E-state index contributed by atoms with van der Waals surface area (Å²) in [7, 11) is 0. The second-order valence-electron chi connectivity index (χ2n) is 4.87. The summed E-state index contributed by atoms with van der Waals surface area (Å²) in [6, 6.07) is 10.8. The predicted molar refractivity (Wildman–Crippen MR) is 63.1 cm³/mol. The van der Waals surface area contributed by atoms with Crippen LogP contribution in [-0.4, -0.2) is 26.2 Å². The van der Waals surface area contributed by atoms with Gasteiger partial charge in [-0.05, 0) is 43.5 Å². The standard InChI is InChI=1S/C13H18N2/c1-2-4-13(5-3-1)15-9-11-6-12(10-15)8-14-7-11/h1-5,11-12,14H,6-10H2. The van der Waals surface area contributed by atoms with Gasteiger partial charge in [0, 0.05) is 18.8 Å². The van der Waals surface area contributed by atoms with Crippen molar-refractivity contribution in [2.45, 2.75) is 6.42 Å². The molecule has 1 aromatic carbocycles. The van der Waals surface area contributed by atoms with Crippen LogP contribution in [0.4, 0.5) is 5.69 Å². The van der Waals surface area contributed by atoms with Crippen molar-refractivity contribution in [3.05, 3.63) is 30.3 Å². The highest BCUT2D eigenvalue weighted by molar-refractivity contribution is 5.46. The van der Waals surface area contributed by atoms with E-state index in [0.717, 1.165) is 11.8 Å². The Bertz CT molecular complexity index is 311. The Morgan fingerprint density at radius 3 is 2.33 bits per heavy atom. The molecule has 2 heterocycles. The first-order chi connectivity index (χ1) is 7.42. The van der Waals surface area contributed by atoms with Gasteiger partial charge in [0.25, 0.3) is 0 Å². The molecular weight excluding hydrogens is 184 g/mol. The summed E-state index contributed by atoms with van der Waals surface area (Å²) in [5, 5.41) is 3.53. The van der Waals surface area contributed by atoms with E-state index < -0.39 is 0 Å². The monoisotopic (exact) mass is 202 g/mol. The molecule has 1 aromatic rings. The molecule has 3 rings (SSSR count). The number of anilines is 1. The Labute approximate surface area is 91.3 Å². The predicted octanol–water partition coefficient (Wildman–Crippen LogP) is 1.73. The van der Waals surface area contributed by atoms with E-state index >= 15 is 0 Å². The Kier molecular flexibility index (Phi) is 2.37. The number of nitrogens with zero attached hydrogens (tertiary/aromatic N) is 1. The largest absolute Gasteiger partial charge is 0.371 e. The maximum Gasteiger partial charge on any atom is 0.0366 e. The van der Waals surface area contributed by atoms with Crippen molar-refractivity contribution in [3.63, 3.8) is 0 Å². The van der Waals surface area contributed by atoms with Gasteiger partial charge in [-0.2, -0.15) is 0 Å². The molecule has 2 nitrogen and oxygen atoms in total. The van der Waals surface area contributed by atoms with Crippen LogP contribution >= 0.6 is 0 Å². The van der Waals surface area contributed by atoms with Crippen LogP contribution in [-0.2, 0) is 0 Å². The number of para-hydroxylation sites is 1. The molecule has 0 aliphatic carbocycles. The average molecular weight is 202 g/mol. The van der Waals surface area contributed by atoms with Gasteiger partial charge in [-0.3, -0.25) is 0 Å². The van der Waals surface area contributed by atoms with E-state index in [2.05, 4.69) is 40.5 Å². The molecular formula is C13H18N2. The van der Waals surface area contributed by atoms with Gasteiger partial charge in [-0.1, -0.05) is 18.2 Å². The number of benzene rings is 1. The first kappa shape index (κ1) is 9.22. The quantitative estimate of drug-likeness (QED) is 0.746. The van der Waals surface area contributed by atoms with Crippen LogP contribution in [0.25, 0.3) is 0 Å². The van der Waals surface area contributed by atoms with Crippen molar-refractivity contribution in [2.75, 3.05) is 31.1 Å². The van der Waals surface area contributed by atoms with Crippen LogP contribution < -0.4 is 10.2 Å². The third kappa shape index (κ3) is 1.86. The van der Waals surface area contributed by atoms with Gasteiger partial charge < -0.3 is 10.2 Å². The number of fused-ring (bicyclic) bond motifs is 2. The minimum Gasteiger partial charge on any atom is -0.371 e. The highest BCUT2D eigenvalue weighted by Gasteiger charge is 2.30. The van der Waals surface area contributed by atoms with Crippen LogP contribution in [0.1, 0.15) is 6.42 Å². The molecule has 2 fully saturated rings. The van der Waals surface area contributed by atoms with Gasteiger partial charge in [0.05, 0.1) is 0 Å². The van der Waals surface area contributed by atoms with Crippen molar-refractivity contribution >= 4 is 5.69 Å². The molecule has 2 bridgehead atoms. The van der Waals surface area contributed by atoms with Crippen LogP contribution in [0, 0.1) is 11.8 Å². The normalized spacial score (nSPS) is 30.3. The molecule has 1 N–H and O–H groups in total. The minimum absolute atomic E-state index is 0.859. The summed E-state index contributed by atoms with van der Waals surface area (Å²) in [6.07, 6.45) is 1.43. The molecule has 0 amide bonds. The Hall–Kier alpha value is -1.02. The molecule has 0 aromatic heterocycles. The fraction of sp³-hybridized carbons (Fsp3) is 0.538. The fourth-order valence-electron chi connectivity index (χ4n) is 2.96. The van der Waals surface area contributed by atoms with Crippen LogP contribution in [0.15, 0.2) is 30.3 Å². The first-order valence-corrected chi connectivity index (χ1v) is 5.92. The summed E-state index contributed by atoms with van der Waals surface area (Å²) < 4.78 is 0. The van der Waals surface area contributed by atoms with E-state index in [-0.39, 0.29) is 0 Å². The van der Waals surface area contributed by atoms with Crippen molar-refractivity contribution in [2.24, 2.45) is 11.8 Å². The number of hydrogen-bond donors (Lipinski definition) is 1. The van der Waals surface area contributed by atoms with Gasteiger partial charge >= 0.3 is 0 Å². The molecule has 0 saturated carbocycles. The van der Waals surface area contributed by atoms with Crippen molar-refractivity contribution < 1.29 is 0 Å². The van der Waals surface area contributed by atoms with Crippen molar-refractivity contribution in [1.82, 2.24) is 5.32 Å². The average Bonchev–Trinajstić information content (AvgIpc) is 2.30. The van der Waals surface area contributed by atoms with E-state index in [1.165, 1.54) is 38.3 Å². The zero-order chi connectivity index (χ0) is 10.1. The van der Waals surface area contributed by atoms with Crippen molar-refractivity contribution in [1.29, 1.82) is 0 Å². The molecule has 0 radical (unpaired) electrons. The third-order valence-electron chi connectivity index (χ3n) is 3.61. The van der Waals surface area contributed by atoms with E-state index in [9.17, 15) is 0 Å². The molecule has 2 heteroatoms. The highest BCUT2D eigenvalue weighted by Crippen LogP contribution is 2.28. The lowest BCUT2D eigenvalue weighted by atomic mass is 9.85. The zero-order valence-corrected chi connectivity index (χ0v) is 9.02. The van der Waals surface area contributed by atoms with Gasteiger partial charge in [0.2, 0.25) is 0 Å². The van der Waals surface area contributed by atoms with Gasteiger partial charge in [0.15, 0.2) is 0 Å². The van der Waals surface area contributed by atoms with Gasteiger partial charge in [-0.25, -0.2) is 0 Å². The summed E-state index contributed by atoms with van der Waals surface area (Å²) >= 11 is 0. The van der Waals surface area contributed by atoms with Crippen molar-refractivity contribution in [3.8, 4) is 0 Å². The molecule has 2 aliphatic heterocycles. The topological polar surface area (TPSA) is 15.3 Å². The van der Waals surface area contributed by atoms with E-state index in [0.29, 0.717) is 0 Å². The molecule has 2 aliphatic rings. The highest BCUT2D eigenvalue weighted by atomic mass is 15.2. The van der Waals surface area contributed by atoms with Crippen LogP contribution in [0.5, 0.6) is 0 Å². The van der Waals surface area contributed by atoms with Gasteiger partial charge in [-0.15, -0.1) is 0 Å². The second-order valence-corrected chi connectivity index (χ2v) is 4.87. The molecule has 2 saturated heterocycles. The number of nitrogens with one attached hydrogen (secondary N) is 1. The second kappa shape index (κ2) is 3.86. The number of hydrogen-bond acceptors (Lipinski definition) is 2. The first-order valence-electron chi connectivity index (χ1n) is 5.92. The molecule has 80 valence electrons. The van der Waals surface area contributed by atoms with Crippen LogP contribution in [0.2, 0.25) is 0 Å². The SMILES string of the molecule is c1ccc(N2CC3CNCC(C3)C2)cc1. The summed E-state index contributed by atoms with van der Waals surface area (Å²) in [5.74, 6) is 1.72. The van der Waals surface area contributed by atoms with E-state index in [4.69, 9.17) is 0 Å². The lowest BCUT2D eigenvalue weighted by Gasteiger charge is -2.42. The maximum absolute atomic E-state index is 3.53. The lowest BCUT2D eigenvalue weighted by Crippen LogP contribution is -2.51. The van der Waals surface area contributed by atoms with E-state index in [1.54, 1.807) is 0 Å². The molecule has 0 spiro atoms. The van der Waals surface area contributed by atoms with Gasteiger partial charge in [0.1, 0.15) is 0 Å². The number of piperidine rings is 2.